The average Bonchev–Trinajstić information content (AvgIpc) is 3.24. The average molecular weight is 478 g/mol. The predicted molar refractivity (Wildman–Crippen MR) is 125 cm³/mol. The molecule has 3 heterocycles. The number of sulfonamides is 1. The van der Waals surface area contributed by atoms with Gasteiger partial charge in [0.25, 0.3) is 5.19 Å². The van der Waals surface area contributed by atoms with Crippen molar-refractivity contribution in [2.24, 2.45) is 0 Å². The van der Waals surface area contributed by atoms with E-state index in [0.717, 1.165) is 41.8 Å². The summed E-state index contributed by atoms with van der Waals surface area (Å²) in [7, 11) is -3.10. The van der Waals surface area contributed by atoms with Crippen molar-refractivity contribution < 1.29 is 13.2 Å². The number of hydrogen-bond donors (Lipinski definition) is 0. The van der Waals surface area contributed by atoms with Crippen LogP contribution in [0.1, 0.15) is 18.4 Å². The van der Waals surface area contributed by atoms with E-state index >= 15 is 0 Å². The van der Waals surface area contributed by atoms with Gasteiger partial charge in [-0.1, -0.05) is 41.1 Å². The highest BCUT2D eigenvalue weighted by Gasteiger charge is 2.41. The zero-order valence-electron chi connectivity index (χ0n) is 17.2. The van der Waals surface area contributed by atoms with Crippen LogP contribution in [0.25, 0.3) is 10.2 Å². The molecule has 0 radical (unpaired) electrons. The fourth-order valence-electron chi connectivity index (χ4n) is 4.61. The number of rotatable bonds is 6. The van der Waals surface area contributed by atoms with Gasteiger partial charge < -0.3 is 4.74 Å². The minimum Gasteiger partial charge on any atom is -0.431 e. The SMILES string of the molecule is CS(=O)(=O)N1CC2CCC(C1)N2CCc1ccc(Oc2nc3c(Cl)cccc3s2)cc1. The highest BCUT2D eigenvalue weighted by atomic mass is 35.5. The van der Waals surface area contributed by atoms with Crippen LogP contribution in [0.2, 0.25) is 5.02 Å². The van der Waals surface area contributed by atoms with Gasteiger partial charge in [-0.2, -0.15) is 4.31 Å². The largest absolute Gasteiger partial charge is 0.431 e. The molecule has 0 aliphatic carbocycles. The number of nitrogens with zero attached hydrogens (tertiary/aromatic N) is 3. The number of benzene rings is 2. The number of thiazole rings is 1. The Kier molecular flexibility index (Phi) is 5.68. The number of hydrogen-bond acceptors (Lipinski definition) is 6. The van der Waals surface area contributed by atoms with Crippen molar-refractivity contribution in [2.75, 3.05) is 25.9 Å². The molecule has 2 aromatic carbocycles. The molecule has 2 aliphatic heterocycles. The molecule has 1 aromatic heterocycles. The molecule has 31 heavy (non-hydrogen) atoms. The molecular weight excluding hydrogens is 454 g/mol. The van der Waals surface area contributed by atoms with Crippen LogP contribution >= 0.6 is 22.9 Å². The minimum atomic E-state index is -3.10. The molecule has 2 bridgehead atoms. The van der Waals surface area contributed by atoms with Crippen molar-refractivity contribution >= 4 is 43.2 Å². The van der Waals surface area contributed by atoms with E-state index < -0.39 is 10.0 Å². The summed E-state index contributed by atoms with van der Waals surface area (Å²) in [5, 5.41) is 1.21. The highest BCUT2D eigenvalue weighted by molar-refractivity contribution is 7.88. The van der Waals surface area contributed by atoms with Gasteiger partial charge >= 0.3 is 0 Å². The lowest BCUT2D eigenvalue weighted by molar-refractivity contribution is 0.112. The van der Waals surface area contributed by atoms with Crippen LogP contribution < -0.4 is 4.74 Å². The van der Waals surface area contributed by atoms with Gasteiger partial charge in [0.1, 0.15) is 11.3 Å². The van der Waals surface area contributed by atoms with E-state index in [1.807, 2.05) is 30.3 Å². The van der Waals surface area contributed by atoms with Gasteiger partial charge in [0, 0.05) is 31.7 Å². The molecule has 2 saturated heterocycles. The Bertz CT molecular complexity index is 1180. The van der Waals surface area contributed by atoms with Crippen LogP contribution in [0.5, 0.6) is 10.9 Å². The first-order valence-corrected chi connectivity index (χ1v) is 13.4. The quantitative estimate of drug-likeness (QED) is 0.526. The van der Waals surface area contributed by atoms with Crippen LogP contribution in [0.15, 0.2) is 42.5 Å². The number of halogens is 1. The van der Waals surface area contributed by atoms with Gasteiger partial charge in [0.05, 0.1) is 16.0 Å². The summed E-state index contributed by atoms with van der Waals surface area (Å²) in [6.07, 6.45) is 4.41. The lowest BCUT2D eigenvalue weighted by Crippen LogP contribution is -2.55. The van der Waals surface area contributed by atoms with Crippen LogP contribution in [0.4, 0.5) is 0 Å². The van der Waals surface area contributed by atoms with Crippen LogP contribution in [-0.2, 0) is 16.4 Å². The fraction of sp³-hybridized carbons (Fsp3) is 0.409. The van der Waals surface area contributed by atoms with Gasteiger partial charge in [0.2, 0.25) is 10.0 Å². The Hall–Kier alpha value is -1.71. The lowest BCUT2D eigenvalue weighted by atomic mass is 10.1. The van der Waals surface area contributed by atoms with E-state index in [9.17, 15) is 8.42 Å². The van der Waals surface area contributed by atoms with Crippen LogP contribution in [-0.4, -0.2) is 60.6 Å². The number of piperazine rings is 1. The summed E-state index contributed by atoms with van der Waals surface area (Å²) in [6.45, 7) is 2.19. The predicted octanol–water partition coefficient (Wildman–Crippen LogP) is 4.39. The Balaban J connectivity index is 1.20. The summed E-state index contributed by atoms with van der Waals surface area (Å²) in [5.41, 5.74) is 2.01. The van der Waals surface area contributed by atoms with Crippen molar-refractivity contribution in [3.63, 3.8) is 0 Å². The third kappa shape index (κ3) is 4.45. The summed E-state index contributed by atoms with van der Waals surface area (Å²) in [4.78, 5) is 6.98. The van der Waals surface area contributed by atoms with E-state index in [1.54, 1.807) is 4.31 Å². The highest BCUT2D eigenvalue weighted by Crippen LogP contribution is 2.35. The van der Waals surface area contributed by atoms with Crippen molar-refractivity contribution in [3.8, 4) is 10.9 Å². The smallest absolute Gasteiger partial charge is 0.279 e. The zero-order chi connectivity index (χ0) is 21.6. The Morgan fingerprint density at radius 1 is 1.13 bits per heavy atom. The van der Waals surface area contributed by atoms with Gasteiger partial charge in [-0.05, 0) is 49.1 Å². The molecule has 6 nitrogen and oxygen atoms in total. The number of ether oxygens (including phenoxy) is 1. The maximum atomic E-state index is 11.9. The van der Waals surface area contributed by atoms with Crippen molar-refractivity contribution in [1.82, 2.24) is 14.2 Å². The number of para-hydroxylation sites is 1. The van der Waals surface area contributed by atoms with E-state index in [1.165, 1.54) is 23.2 Å². The molecule has 164 valence electrons. The van der Waals surface area contributed by atoms with E-state index in [2.05, 4.69) is 22.0 Å². The number of aromatic nitrogens is 1. The first-order chi connectivity index (χ1) is 14.9. The molecule has 2 aliphatic rings. The Morgan fingerprint density at radius 3 is 2.48 bits per heavy atom. The third-order valence-electron chi connectivity index (χ3n) is 6.21. The topological polar surface area (TPSA) is 62.7 Å². The summed E-state index contributed by atoms with van der Waals surface area (Å²) >= 11 is 7.68. The van der Waals surface area contributed by atoms with Gasteiger partial charge in [0.15, 0.2) is 0 Å². The fourth-order valence-corrected chi connectivity index (χ4v) is 6.63. The summed E-state index contributed by atoms with van der Waals surface area (Å²) in [6, 6.07) is 14.5. The summed E-state index contributed by atoms with van der Waals surface area (Å²) in [5.74, 6) is 0.751. The molecular formula is C22H24ClN3O3S2. The summed E-state index contributed by atoms with van der Waals surface area (Å²) < 4.78 is 32.4. The lowest BCUT2D eigenvalue weighted by Gasteiger charge is -2.39. The maximum absolute atomic E-state index is 11.9. The molecule has 0 spiro atoms. The molecule has 0 N–H and O–H groups in total. The second-order valence-corrected chi connectivity index (χ2v) is 11.6. The van der Waals surface area contributed by atoms with Crippen molar-refractivity contribution in [2.45, 2.75) is 31.3 Å². The second-order valence-electron chi connectivity index (χ2n) is 8.27. The second kappa shape index (κ2) is 8.33. The molecule has 5 rings (SSSR count). The monoisotopic (exact) mass is 477 g/mol. The van der Waals surface area contributed by atoms with E-state index in [4.69, 9.17) is 16.3 Å². The van der Waals surface area contributed by atoms with Crippen LogP contribution in [0, 0.1) is 0 Å². The Labute approximate surface area is 191 Å². The molecule has 2 atom stereocenters. The molecule has 0 saturated carbocycles. The maximum Gasteiger partial charge on any atom is 0.279 e. The number of fused-ring (bicyclic) bond motifs is 3. The zero-order valence-corrected chi connectivity index (χ0v) is 19.6. The standard InChI is InChI=1S/C22H24ClN3O3S2/c1-31(27,28)25-13-16-7-8-17(14-25)26(16)12-11-15-5-9-18(10-6-15)29-22-24-21-19(23)3-2-4-20(21)30-22/h2-6,9-10,16-17H,7-8,11-14H2,1H3. The van der Waals surface area contributed by atoms with Crippen molar-refractivity contribution in [3.05, 3.63) is 53.1 Å². The van der Waals surface area contributed by atoms with Crippen LogP contribution in [0.3, 0.4) is 0 Å². The van der Waals surface area contributed by atoms with Crippen molar-refractivity contribution in [1.29, 1.82) is 0 Å². The van der Waals surface area contributed by atoms with Gasteiger partial charge in [-0.15, -0.1) is 0 Å². The molecule has 3 aromatic rings. The van der Waals surface area contributed by atoms with E-state index in [-0.39, 0.29) is 0 Å². The first-order valence-electron chi connectivity index (χ1n) is 10.4. The van der Waals surface area contributed by atoms with Gasteiger partial charge in [-0.3, -0.25) is 4.90 Å². The van der Waals surface area contributed by atoms with Gasteiger partial charge in [-0.25, -0.2) is 13.4 Å². The molecule has 9 heteroatoms. The third-order valence-corrected chi connectivity index (χ3v) is 8.65. The Morgan fingerprint density at radius 2 is 1.84 bits per heavy atom. The van der Waals surface area contributed by atoms with E-state index in [0.29, 0.717) is 35.4 Å². The first kappa shape index (κ1) is 21.2. The minimum absolute atomic E-state index is 0.335. The molecule has 2 unspecified atom stereocenters. The molecule has 2 fully saturated rings. The molecule has 0 amide bonds. The normalized spacial score (nSPS) is 22.3.